The molecule has 0 saturated carbocycles. The van der Waals surface area contributed by atoms with Gasteiger partial charge in [-0.25, -0.2) is 4.98 Å². The van der Waals surface area contributed by atoms with E-state index in [-0.39, 0.29) is 11.8 Å². The minimum Gasteiger partial charge on any atom is -0.486 e. The molecule has 1 unspecified atom stereocenters. The molecular weight excluding hydrogens is 314 g/mol. The van der Waals surface area contributed by atoms with Crippen molar-refractivity contribution < 1.29 is 9.47 Å². The van der Waals surface area contributed by atoms with E-state index in [2.05, 4.69) is 4.98 Å². The summed E-state index contributed by atoms with van der Waals surface area (Å²) in [5, 5.41) is 9.43. The van der Waals surface area contributed by atoms with Crippen LogP contribution >= 0.6 is 11.6 Å². The molecule has 6 heteroatoms. The van der Waals surface area contributed by atoms with Crippen molar-refractivity contribution in [2.45, 2.75) is 13.0 Å². The summed E-state index contributed by atoms with van der Waals surface area (Å²) in [5.74, 6) is 2.22. The number of hydrogen-bond donors (Lipinski definition) is 0. The van der Waals surface area contributed by atoms with Crippen LogP contribution in [0, 0.1) is 11.3 Å². The highest BCUT2D eigenvalue weighted by atomic mass is 35.5. The van der Waals surface area contributed by atoms with E-state index >= 15 is 0 Å². The monoisotopic (exact) mass is 329 g/mol. The third-order valence-electron chi connectivity index (χ3n) is 3.63. The lowest BCUT2D eigenvalue weighted by Gasteiger charge is -2.31. The second-order valence-electron chi connectivity index (χ2n) is 5.15. The molecule has 0 N–H and O–H groups in total. The Bertz CT molecular complexity index is 745. The molecule has 0 amide bonds. The van der Waals surface area contributed by atoms with Crippen molar-refractivity contribution in [1.82, 2.24) is 4.98 Å². The van der Waals surface area contributed by atoms with E-state index in [1.807, 2.05) is 48.2 Å². The number of nitrogens with zero attached hydrogens (tertiary/aromatic N) is 3. The first kappa shape index (κ1) is 15.4. The third kappa shape index (κ3) is 3.33. The number of likely N-dealkylation sites (N-methyl/N-ethyl adjacent to an activating group) is 1. The van der Waals surface area contributed by atoms with Crippen LogP contribution in [0.5, 0.6) is 11.5 Å². The highest BCUT2D eigenvalue weighted by Crippen LogP contribution is 2.31. The second-order valence-corrected chi connectivity index (χ2v) is 5.56. The highest BCUT2D eigenvalue weighted by molar-refractivity contribution is 6.31. The molecule has 3 rings (SSSR count). The predicted octanol–water partition coefficient (Wildman–Crippen LogP) is 3.27. The van der Waals surface area contributed by atoms with Gasteiger partial charge in [-0.1, -0.05) is 23.7 Å². The van der Waals surface area contributed by atoms with Crippen molar-refractivity contribution in [3.63, 3.8) is 0 Å². The lowest BCUT2D eigenvalue weighted by molar-refractivity contribution is 0.0953. The number of pyridine rings is 1. The van der Waals surface area contributed by atoms with Crippen LogP contribution in [0.25, 0.3) is 0 Å². The smallest absolute Gasteiger partial charge is 0.161 e. The van der Waals surface area contributed by atoms with Crippen LogP contribution in [0.1, 0.15) is 12.6 Å². The van der Waals surface area contributed by atoms with E-state index in [1.54, 1.807) is 6.07 Å². The summed E-state index contributed by atoms with van der Waals surface area (Å²) in [6.45, 7) is 3.86. The van der Waals surface area contributed by atoms with Gasteiger partial charge in [0.15, 0.2) is 23.3 Å². The number of halogens is 1. The Morgan fingerprint density at radius 1 is 1.30 bits per heavy atom. The van der Waals surface area contributed by atoms with Crippen LogP contribution in [-0.4, -0.2) is 30.8 Å². The number of para-hydroxylation sites is 2. The van der Waals surface area contributed by atoms with E-state index < -0.39 is 0 Å². The topological polar surface area (TPSA) is 58.4 Å². The molecule has 118 valence electrons. The van der Waals surface area contributed by atoms with Gasteiger partial charge >= 0.3 is 0 Å². The standard InChI is InChI=1S/C17H16ClN3O2/c1-2-21(17-8-7-13(18)14(9-19)20-17)10-12-11-22-15-5-3-4-6-16(15)23-12/h3-8,12H,2,10-11H2,1H3. The van der Waals surface area contributed by atoms with E-state index in [9.17, 15) is 0 Å². The Morgan fingerprint density at radius 3 is 2.83 bits per heavy atom. The number of fused-ring (bicyclic) bond motifs is 1. The quantitative estimate of drug-likeness (QED) is 0.861. The summed E-state index contributed by atoms with van der Waals surface area (Å²) < 4.78 is 11.7. The minimum atomic E-state index is -0.104. The molecule has 1 atom stereocenters. The maximum Gasteiger partial charge on any atom is 0.161 e. The number of aromatic nitrogens is 1. The van der Waals surface area contributed by atoms with Crippen LogP contribution in [0.3, 0.4) is 0 Å². The zero-order valence-corrected chi connectivity index (χ0v) is 13.5. The zero-order chi connectivity index (χ0) is 16.2. The van der Waals surface area contributed by atoms with Crippen molar-refractivity contribution in [1.29, 1.82) is 5.26 Å². The summed E-state index contributed by atoms with van der Waals surface area (Å²) >= 11 is 5.94. The van der Waals surface area contributed by atoms with Gasteiger partial charge in [-0.15, -0.1) is 0 Å². The summed E-state index contributed by atoms with van der Waals surface area (Å²) in [6.07, 6.45) is -0.104. The second kappa shape index (κ2) is 6.76. The fraction of sp³-hybridized carbons (Fsp3) is 0.294. The molecular formula is C17H16ClN3O2. The SMILES string of the molecule is CCN(CC1COc2ccccc2O1)c1ccc(Cl)c(C#N)n1. The minimum absolute atomic E-state index is 0.104. The Balaban J connectivity index is 1.75. The van der Waals surface area contributed by atoms with Gasteiger partial charge in [-0.05, 0) is 31.2 Å². The lowest BCUT2D eigenvalue weighted by atomic mass is 10.2. The molecule has 1 aliphatic heterocycles. The molecule has 23 heavy (non-hydrogen) atoms. The molecule has 2 heterocycles. The molecule has 1 aromatic carbocycles. The molecule has 0 radical (unpaired) electrons. The molecule has 1 aromatic heterocycles. The van der Waals surface area contributed by atoms with E-state index in [4.69, 9.17) is 26.3 Å². The molecule has 0 spiro atoms. The molecule has 0 fully saturated rings. The number of nitriles is 1. The Hall–Kier alpha value is -2.45. The molecule has 2 aromatic rings. The predicted molar refractivity (Wildman–Crippen MR) is 88.2 cm³/mol. The first-order chi connectivity index (χ1) is 11.2. The third-order valence-corrected chi connectivity index (χ3v) is 3.94. The van der Waals surface area contributed by atoms with Gasteiger partial charge in [0.25, 0.3) is 0 Å². The summed E-state index contributed by atoms with van der Waals surface area (Å²) in [5.41, 5.74) is 0.230. The van der Waals surface area contributed by atoms with Crippen molar-refractivity contribution in [3.05, 3.63) is 47.1 Å². The molecule has 1 aliphatic rings. The van der Waals surface area contributed by atoms with Crippen LogP contribution < -0.4 is 14.4 Å². The Labute approximate surface area is 140 Å². The van der Waals surface area contributed by atoms with Gasteiger partial charge in [-0.2, -0.15) is 5.26 Å². The summed E-state index contributed by atoms with van der Waals surface area (Å²) in [4.78, 5) is 6.35. The number of ether oxygens (including phenoxy) is 2. The van der Waals surface area contributed by atoms with Crippen molar-refractivity contribution >= 4 is 17.4 Å². The number of benzene rings is 1. The average Bonchev–Trinajstić information content (AvgIpc) is 2.60. The van der Waals surface area contributed by atoms with E-state index in [1.165, 1.54) is 0 Å². The Morgan fingerprint density at radius 2 is 2.09 bits per heavy atom. The van der Waals surface area contributed by atoms with Crippen LogP contribution in [0.2, 0.25) is 5.02 Å². The van der Waals surface area contributed by atoms with E-state index in [0.29, 0.717) is 24.0 Å². The van der Waals surface area contributed by atoms with Crippen molar-refractivity contribution in [2.75, 3.05) is 24.6 Å². The lowest BCUT2D eigenvalue weighted by Crippen LogP contribution is -2.41. The Kier molecular flexibility index (Phi) is 4.54. The average molecular weight is 330 g/mol. The van der Waals surface area contributed by atoms with Crippen molar-refractivity contribution in [3.8, 4) is 17.6 Å². The number of anilines is 1. The van der Waals surface area contributed by atoms with Gasteiger partial charge in [0, 0.05) is 6.54 Å². The van der Waals surface area contributed by atoms with Gasteiger partial charge in [0.1, 0.15) is 18.5 Å². The van der Waals surface area contributed by atoms with Gasteiger partial charge in [0.05, 0.1) is 11.6 Å². The normalized spacial score (nSPS) is 15.8. The molecule has 0 bridgehead atoms. The van der Waals surface area contributed by atoms with Crippen molar-refractivity contribution in [2.24, 2.45) is 0 Å². The number of hydrogen-bond acceptors (Lipinski definition) is 5. The molecule has 0 saturated heterocycles. The van der Waals surface area contributed by atoms with Gasteiger partial charge in [-0.3, -0.25) is 0 Å². The van der Waals surface area contributed by atoms with Gasteiger partial charge < -0.3 is 14.4 Å². The first-order valence-corrected chi connectivity index (χ1v) is 7.79. The maximum absolute atomic E-state index is 9.07. The summed E-state index contributed by atoms with van der Waals surface area (Å²) in [6, 6.07) is 13.1. The molecule has 0 aliphatic carbocycles. The fourth-order valence-electron chi connectivity index (χ4n) is 2.47. The fourth-order valence-corrected chi connectivity index (χ4v) is 2.62. The molecule has 5 nitrogen and oxygen atoms in total. The van der Waals surface area contributed by atoms with E-state index in [0.717, 1.165) is 18.0 Å². The maximum atomic E-state index is 9.07. The number of rotatable bonds is 4. The largest absolute Gasteiger partial charge is 0.486 e. The highest BCUT2D eigenvalue weighted by Gasteiger charge is 2.23. The van der Waals surface area contributed by atoms with Crippen LogP contribution in [-0.2, 0) is 0 Å². The van der Waals surface area contributed by atoms with Crippen LogP contribution in [0.4, 0.5) is 5.82 Å². The van der Waals surface area contributed by atoms with Crippen LogP contribution in [0.15, 0.2) is 36.4 Å². The summed E-state index contributed by atoms with van der Waals surface area (Å²) in [7, 11) is 0. The van der Waals surface area contributed by atoms with Gasteiger partial charge in [0.2, 0.25) is 0 Å². The first-order valence-electron chi connectivity index (χ1n) is 7.41. The zero-order valence-electron chi connectivity index (χ0n) is 12.7.